The minimum Gasteiger partial charge on any atom is -0.370 e. The molecule has 0 aliphatic rings. The smallest absolute Gasteiger partial charge is 0.0426 e. The summed E-state index contributed by atoms with van der Waals surface area (Å²) in [6.45, 7) is 2.85. The summed E-state index contributed by atoms with van der Waals surface area (Å²) >= 11 is 9.63. The van der Waals surface area contributed by atoms with E-state index >= 15 is 0 Å². The maximum absolute atomic E-state index is 6.12. The van der Waals surface area contributed by atoms with E-state index in [0.29, 0.717) is 0 Å². The fraction of sp³-hybridized carbons (Fsp3) is 0.294. The molecule has 0 spiro atoms. The molecule has 21 heavy (non-hydrogen) atoms. The average molecular weight is 368 g/mol. The van der Waals surface area contributed by atoms with Crippen LogP contribution in [0, 0.1) is 0 Å². The lowest BCUT2D eigenvalue weighted by molar-refractivity contribution is 0.734. The highest BCUT2D eigenvalue weighted by atomic mass is 79.9. The number of hydrogen-bond donors (Lipinski definition) is 1. The van der Waals surface area contributed by atoms with Crippen LogP contribution in [0.1, 0.15) is 18.1 Å². The van der Waals surface area contributed by atoms with Gasteiger partial charge in [-0.3, -0.25) is 0 Å². The number of nitrogens with zero attached hydrogens (tertiary/aromatic N) is 1. The van der Waals surface area contributed by atoms with Gasteiger partial charge in [0, 0.05) is 34.8 Å². The Morgan fingerprint density at radius 1 is 1.24 bits per heavy atom. The molecule has 1 unspecified atom stereocenters. The first-order valence-corrected chi connectivity index (χ1v) is 8.12. The van der Waals surface area contributed by atoms with Crippen LogP contribution in [-0.4, -0.2) is 13.1 Å². The van der Waals surface area contributed by atoms with E-state index in [1.807, 2.05) is 25.1 Å². The van der Waals surface area contributed by atoms with Gasteiger partial charge >= 0.3 is 0 Å². The van der Waals surface area contributed by atoms with Crippen LogP contribution in [0.2, 0.25) is 5.02 Å². The zero-order chi connectivity index (χ0) is 15.4. The molecule has 0 radical (unpaired) electrons. The van der Waals surface area contributed by atoms with Gasteiger partial charge in [-0.15, -0.1) is 0 Å². The number of anilines is 1. The van der Waals surface area contributed by atoms with Crippen LogP contribution < -0.4 is 10.6 Å². The summed E-state index contributed by atoms with van der Waals surface area (Å²) in [4.78, 5) is 2.23. The Bertz CT molecular complexity index is 613. The summed E-state index contributed by atoms with van der Waals surface area (Å²) in [7, 11) is 2.09. The molecule has 0 bridgehead atoms. The number of benzene rings is 2. The first kappa shape index (κ1) is 16.3. The SMILES string of the molecule is CC(N)Cc1cc(Cl)ccc1N(C)Cc1cccc(Br)c1. The van der Waals surface area contributed by atoms with Gasteiger partial charge in [0.15, 0.2) is 0 Å². The lowest BCUT2D eigenvalue weighted by Gasteiger charge is -2.24. The largest absolute Gasteiger partial charge is 0.370 e. The molecule has 2 rings (SSSR count). The predicted octanol–water partition coefficient (Wildman–Crippen LogP) is 4.63. The molecular formula is C17H20BrClN2. The van der Waals surface area contributed by atoms with Crippen molar-refractivity contribution < 1.29 is 0 Å². The molecule has 0 saturated carbocycles. The zero-order valence-corrected chi connectivity index (χ0v) is 14.7. The van der Waals surface area contributed by atoms with E-state index in [1.54, 1.807) is 0 Å². The third-order valence-corrected chi connectivity index (χ3v) is 4.03. The van der Waals surface area contributed by atoms with Gasteiger partial charge in [-0.25, -0.2) is 0 Å². The molecule has 4 heteroatoms. The molecule has 2 N–H and O–H groups in total. The van der Waals surface area contributed by atoms with Crippen LogP contribution in [0.15, 0.2) is 46.9 Å². The van der Waals surface area contributed by atoms with Crippen molar-refractivity contribution in [3.63, 3.8) is 0 Å². The lowest BCUT2D eigenvalue weighted by Crippen LogP contribution is -2.22. The molecule has 0 fully saturated rings. The van der Waals surface area contributed by atoms with Crippen molar-refractivity contribution in [3.05, 3.63) is 63.1 Å². The number of halogens is 2. The van der Waals surface area contributed by atoms with Crippen LogP contribution in [0.3, 0.4) is 0 Å². The maximum atomic E-state index is 6.12. The van der Waals surface area contributed by atoms with Crippen molar-refractivity contribution in [3.8, 4) is 0 Å². The zero-order valence-electron chi connectivity index (χ0n) is 12.3. The van der Waals surface area contributed by atoms with Crippen molar-refractivity contribution in [1.29, 1.82) is 0 Å². The van der Waals surface area contributed by atoms with E-state index in [9.17, 15) is 0 Å². The van der Waals surface area contributed by atoms with E-state index < -0.39 is 0 Å². The minimum atomic E-state index is 0.112. The number of nitrogens with two attached hydrogens (primary N) is 1. The highest BCUT2D eigenvalue weighted by Gasteiger charge is 2.10. The highest BCUT2D eigenvalue weighted by molar-refractivity contribution is 9.10. The fourth-order valence-corrected chi connectivity index (χ4v) is 3.07. The van der Waals surface area contributed by atoms with Gasteiger partial charge in [0.1, 0.15) is 0 Å². The van der Waals surface area contributed by atoms with Crippen LogP contribution in [0.4, 0.5) is 5.69 Å². The van der Waals surface area contributed by atoms with Crippen LogP contribution in [-0.2, 0) is 13.0 Å². The molecule has 0 aliphatic carbocycles. The average Bonchev–Trinajstić information content (AvgIpc) is 2.37. The lowest BCUT2D eigenvalue weighted by atomic mass is 10.0. The second-order valence-electron chi connectivity index (χ2n) is 5.44. The predicted molar refractivity (Wildman–Crippen MR) is 95.1 cm³/mol. The normalized spacial score (nSPS) is 12.2. The molecule has 0 amide bonds. The van der Waals surface area contributed by atoms with E-state index in [0.717, 1.165) is 22.5 Å². The highest BCUT2D eigenvalue weighted by Crippen LogP contribution is 2.26. The molecule has 0 saturated heterocycles. The number of hydrogen-bond acceptors (Lipinski definition) is 2. The molecule has 1 atom stereocenters. The van der Waals surface area contributed by atoms with Gasteiger partial charge in [-0.2, -0.15) is 0 Å². The van der Waals surface area contributed by atoms with Gasteiger partial charge in [0.2, 0.25) is 0 Å². The van der Waals surface area contributed by atoms with E-state index in [1.165, 1.54) is 16.8 Å². The third-order valence-electron chi connectivity index (χ3n) is 3.30. The Kier molecular flexibility index (Phi) is 5.68. The summed E-state index contributed by atoms with van der Waals surface area (Å²) in [5.74, 6) is 0. The van der Waals surface area contributed by atoms with Gasteiger partial charge < -0.3 is 10.6 Å². The summed E-state index contributed by atoms with van der Waals surface area (Å²) in [5.41, 5.74) is 9.57. The topological polar surface area (TPSA) is 29.3 Å². The minimum absolute atomic E-state index is 0.112. The first-order valence-electron chi connectivity index (χ1n) is 6.95. The van der Waals surface area contributed by atoms with Gasteiger partial charge in [0.05, 0.1) is 0 Å². The van der Waals surface area contributed by atoms with Crippen molar-refractivity contribution in [1.82, 2.24) is 0 Å². The van der Waals surface area contributed by atoms with E-state index in [4.69, 9.17) is 17.3 Å². The molecule has 0 aromatic heterocycles. The van der Waals surface area contributed by atoms with Crippen LogP contribution in [0.25, 0.3) is 0 Å². The van der Waals surface area contributed by atoms with Crippen LogP contribution in [0.5, 0.6) is 0 Å². The van der Waals surface area contributed by atoms with Crippen molar-refractivity contribution >= 4 is 33.2 Å². The van der Waals surface area contributed by atoms with E-state index in [2.05, 4.69) is 52.1 Å². The summed E-state index contributed by atoms with van der Waals surface area (Å²) in [6, 6.07) is 14.5. The Labute approximate surface area is 140 Å². The van der Waals surface area contributed by atoms with E-state index in [-0.39, 0.29) is 6.04 Å². The maximum Gasteiger partial charge on any atom is 0.0426 e. The van der Waals surface area contributed by atoms with Crippen LogP contribution >= 0.6 is 27.5 Å². The molecule has 2 aromatic carbocycles. The molecule has 0 heterocycles. The second kappa shape index (κ2) is 7.30. The Morgan fingerprint density at radius 3 is 2.67 bits per heavy atom. The standard InChI is InChI=1S/C17H20BrClN2/c1-12(20)8-14-10-16(19)6-7-17(14)21(2)11-13-4-3-5-15(18)9-13/h3-7,9-10,12H,8,11,20H2,1-2H3. The molecule has 0 aliphatic heterocycles. The molecule has 2 aromatic rings. The Balaban J connectivity index is 2.23. The summed E-state index contributed by atoms with van der Waals surface area (Å²) in [6.07, 6.45) is 0.818. The quantitative estimate of drug-likeness (QED) is 0.835. The van der Waals surface area contributed by atoms with Gasteiger partial charge in [-0.05, 0) is 54.8 Å². The monoisotopic (exact) mass is 366 g/mol. The molecular weight excluding hydrogens is 348 g/mol. The fourth-order valence-electron chi connectivity index (χ4n) is 2.43. The van der Waals surface area contributed by atoms with Crippen molar-refractivity contribution in [2.24, 2.45) is 5.73 Å². The van der Waals surface area contributed by atoms with Crippen molar-refractivity contribution in [2.45, 2.75) is 25.9 Å². The molecule has 2 nitrogen and oxygen atoms in total. The summed E-state index contributed by atoms with van der Waals surface area (Å²) in [5, 5.41) is 0.755. The summed E-state index contributed by atoms with van der Waals surface area (Å²) < 4.78 is 1.10. The second-order valence-corrected chi connectivity index (χ2v) is 6.79. The molecule has 112 valence electrons. The van der Waals surface area contributed by atoms with Crippen molar-refractivity contribution in [2.75, 3.05) is 11.9 Å². The number of rotatable bonds is 5. The van der Waals surface area contributed by atoms with Gasteiger partial charge in [0.25, 0.3) is 0 Å². The first-order chi connectivity index (χ1) is 9.95. The Morgan fingerprint density at radius 2 is 2.00 bits per heavy atom. The Hall–Kier alpha value is -1.03. The van der Waals surface area contributed by atoms with Gasteiger partial charge in [-0.1, -0.05) is 39.7 Å². The third kappa shape index (κ3) is 4.73.